The molecule has 7 heteroatoms. The third-order valence-electron chi connectivity index (χ3n) is 2.61. The number of rotatable bonds is 1. The van der Waals surface area contributed by atoms with E-state index in [-0.39, 0.29) is 27.8 Å². The molecule has 3 rings (SSSR count). The van der Waals surface area contributed by atoms with Crippen LogP contribution in [-0.4, -0.2) is 27.5 Å². The van der Waals surface area contributed by atoms with Gasteiger partial charge in [-0.2, -0.15) is 8.78 Å². The summed E-state index contributed by atoms with van der Waals surface area (Å²) in [5.41, 5.74) is -0.783. The van der Waals surface area contributed by atoms with Crippen LogP contribution in [0.15, 0.2) is 28.2 Å². The standard InChI is InChI=1S/C11H6F2N2O2S/c12-11(13)6-3-5(16)1-2-7(6)14-9(11)10-15-8(17)4-18-10/h1-3,16H,4H2. The zero-order valence-corrected chi connectivity index (χ0v) is 9.67. The number of hydrogen-bond acceptors (Lipinski definition) is 4. The number of aliphatic imine (C=N–C) groups is 2. The number of carbonyl (C=O) groups excluding carboxylic acids is 1. The van der Waals surface area contributed by atoms with E-state index in [2.05, 4.69) is 9.98 Å². The summed E-state index contributed by atoms with van der Waals surface area (Å²) in [6, 6.07) is 3.58. The molecule has 0 saturated heterocycles. The van der Waals surface area contributed by atoms with E-state index in [1.165, 1.54) is 12.1 Å². The molecule has 0 saturated carbocycles. The fourth-order valence-electron chi connectivity index (χ4n) is 1.80. The van der Waals surface area contributed by atoms with Crippen LogP contribution in [0, 0.1) is 0 Å². The number of phenolic OH excluding ortho intramolecular Hbond substituents is 1. The molecular formula is C11H6F2N2O2S. The number of alkyl halides is 2. The second-order valence-corrected chi connectivity index (χ2v) is 4.80. The molecule has 0 unspecified atom stereocenters. The molecule has 2 aliphatic heterocycles. The zero-order chi connectivity index (χ0) is 12.9. The minimum absolute atomic E-state index is 0.0410. The quantitative estimate of drug-likeness (QED) is 0.849. The van der Waals surface area contributed by atoms with Gasteiger partial charge in [-0.15, -0.1) is 0 Å². The predicted octanol–water partition coefficient (Wildman–Crippen LogP) is 2.24. The molecule has 1 aromatic rings. The number of hydrogen-bond donors (Lipinski definition) is 1. The summed E-state index contributed by atoms with van der Waals surface area (Å²) >= 11 is 0.952. The zero-order valence-electron chi connectivity index (χ0n) is 8.85. The summed E-state index contributed by atoms with van der Waals surface area (Å²) in [6.45, 7) is 0. The molecular weight excluding hydrogens is 262 g/mol. The predicted molar refractivity (Wildman–Crippen MR) is 64.0 cm³/mol. The molecule has 2 aliphatic rings. The van der Waals surface area contributed by atoms with Crippen LogP contribution in [0.5, 0.6) is 5.75 Å². The van der Waals surface area contributed by atoms with Gasteiger partial charge in [0.15, 0.2) is 0 Å². The lowest BCUT2D eigenvalue weighted by atomic mass is 10.1. The molecule has 1 amide bonds. The highest BCUT2D eigenvalue weighted by Crippen LogP contribution is 2.45. The summed E-state index contributed by atoms with van der Waals surface area (Å²) in [7, 11) is 0. The Balaban J connectivity index is 2.10. The summed E-state index contributed by atoms with van der Waals surface area (Å²) in [6.07, 6.45) is 0. The van der Waals surface area contributed by atoms with Gasteiger partial charge in [-0.1, -0.05) is 11.8 Å². The molecule has 4 nitrogen and oxygen atoms in total. The number of benzene rings is 1. The van der Waals surface area contributed by atoms with Gasteiger partial charge in [0.05, 0.1) is 17.0 Å². The molecule has 18 heavy (non-hydrogen) atoms. The molecule has 1 N–H and O–H groups in total. The van der Waals surface area contributed by atoms with Crippen molar-refractivity contribution < 1.29 is 18.7 Å². The lowest BCUT2D eigenvalue weighted by Crippen LogP contribution is -2.27. The maximum Gasteiger partial charge on any atom is 0.319 e. The number of amides is 1. The fourth-order valence-corrected chi connectivity index (χ4v) is 2.60. The number of halogens is 2. The largest absolute Gasteiger partial charge is 0.508 e. The Kier molecular flexibility index (Phi) is 2.28. The number of aromatic hydroxyl groups is 1. The average molecular weight is 268 g/mol. The van der Waals surface area contributed by atoms with Gasteiger partial charge in [0.1, 0.15) is 16.5 Å². The van der Waals surface area contributed by atoms with E-state index in [0.29, 0.717) is 0 Å². The summed E-state index contributed by atoms with van der Waals surface area (Å²) < 4.78 is 28.2. The normalized spacial score (nSPS) is 20.7. The van der Waals surface area contributed by atoms with E-state index in [4.69, 9.17) is 0 Å². The van der Waals surface area contributed by atoms with E-state index < -0.39 is 17.5 Å². The van der Waals surface area contributed by atoms with Crippen LogP contribution in [0.4, 0.5) is 14.5 Å². The van der Waals surface area contributed by atoms with E-state index in [1.54, 1.807) is 0 Å². The second kappa shape index (κ2) is 3.61. The highest BCUT2D eigenvalue weighted by molar-refractivity contribution is 8.16. The Morgan fingerprint density at radius 3 is 2.78 bits per heavy atom. The minimum Gasteiger partial charge on any atom is -0.508 e. The first-order valence-electron chi connectivity index (χ1n) is 5.03. The van der Waals surface area contributed by atoms with Gasteiger partial charge in [0, 0.05) is 0 Å². The molecule has 1 aromatic carbocycles. The Morgan fingerprint density at radius 2 is 2.11 bits per heavy atom. The molecule has 92 valence electrons. The van der Waals surface area contributed by atoms with Crippen molar-refractivity contribution in [3.63, 3.8) is 0 Å². The van der Waals surface area contributed by atoms with Crippen molar-refractivity contribution in [3.8, 4) is 5.75 Å². The summed E-state index contributed by atoms with van der Waals surface area (Å²) in [5, 5.41) is 9.21. The van der Waals surface area contributed by atoms with Crippen molar-refractivity contribution >= 4 is 34.1 Å². The smallest absolute Gasteiger partial charge is 0.319 e. The van der Waals surface area contributed by atoms with Crippen molar-refractivity contribution in [2.24, 2.45) is 9.98 Å². The van der Waals surface area contributed by atoms with Crippen LogP contribution in [0.1, 0.15) is 5.56 Å². The van der Waals surface area contributed by atoms with Crippen molar-refractivity contribution in [2.45, 2.75) is 5.92 Å². The fraction of sp³-hybridized carbons (Fsp3) is 0.182. The number of fused-ring (bicyclic) bond motifs is 1. The molecule has 0 spiro atoms. The third-order valence-corrected chi connectivity index (χ3v) is 3.56. The molecule has 0 aliphatic carbocycles. The minimum atomic E-state index is -3.33. The van der Waals surface area contributed by atoms with E-state index >= 15 is 0 Å². The highest BCUT2D eigenvalue weighted by Gasteiger charge is 2.48. The van der Waals surface area contributed by atoms with E-state index in [1.807, 2.05) is 0 Å². The van der Waals surface area contributed by atoms with Crippen LogP contribution in [-0.2, 0) is 10.7 Å². The van der Waals surface area contributed by atoms with Crippen LogP contribution in [0.25, 0.3) is 0 Å². The van der Waals surface area contributed by atoms with Crippen molar-refractivity contribution in [1.29, 1.82) is 0 Å². The van der Waals surface area contributed by atoms with E-state index in [0.717, 1.165) is 17.8 Å². The topological polar surface area (TPSA) is 62.0 Å². The second-order valence-electron chi connectivity index (χ2n) is 3.84. The SMILES string of the molecule is O=C1CSC(C2=Nc3ccc(O)cc3C2(F)F)=N1. The van der Waals surface area contributed by atoms with Gasteiger partial charge in [-0.05, 0) is 18.2 Å². The maximum atomic E-state index is 14.1. The van der Waals surface area contributed by atoms with E-state index in [9.17, 15) is 18.7 Å². The molecule has 2 heterocycles. The van der Waals surface area contributed by atoms with Crippen LogP contribution in [0.2, 0.25) is 0 Å². The number of carbonyl (C=O) groups is 1. The van der Waals surface area contributed by atoms with Gasteiger partial charge in [-0.3, -0.25) is 4.79 Å². The summed E-state index contributed by atoms with van der Waals surface area (Å²) in [5.74, 6) is -3.95. The Hall–Kier alpha value is -1.76. The van der Waals surface area contributed by atoms with Gasteiger partial charge in [-0.25, -0.2) is 9.98 Å². The average Bonchev–Trinajstić information content (AvgIpc) is 2.82. The van der Waals surface area contributed by atoms with Crippen LogP contribution < -0.4 is 0 Å². The molecule has 0 fully saturated rings. The molecule has 0 atom stereocenters. The van der Waals surface area contributed by atoms with Crippen molar-refractivity contribution in [1.82, 2.24) is 0 Å². The lowest BCUT2D eigenvalue weighted by molar-refractivity contribution is -0.115. The Labute approximate surface area is 104 Å². The highest BCUT2D eigenvalue weighted by atomic mass is 32.2. The van der Waals surface area contributed by atoms with Crippen molar-refractivity contribution in [2.75, 3.05) is 5.75 Å². The number of phenols is 1. The summed E-state index contributed by atoms with van der Waals surface area (Å²) in [4.78, 5) is 18.4. The molecule has 0 bridgehead atoms. The monoisotopic (exact) mass is 268 g/mol. The third kappa shape index (κ3) is 1.54. The number of nitrogens with zero attached hydrogens (tertiary/aromatic N) is 2. The number of thioether (sulfide) groups is 1. The maximum absolute atomic E-state index is 14.1. The van der Waals surface area contributed by atoms with Crippen LogP contribution in [0.3, 0.4) is 0 Å². The lowest BCUT2D eigenvalue weighted by Gasteiger charge is -2.12. The van der Waals surface area contributed by atoms with Gasteiger partial charge < -0.3 is 5.11 Å². The van der Waals surface area contributed by atoms with Gasteiger partial charge in [0.2, 0.25) is 0 Å². The molecule has 0 aromatic heterocycles. The van der Waals surface area contributed by atoms with Gasteiger partial charge >= 0.3 is 5.92 Å². The van der Waals surface area contributed by atoms with Crippen molar-refractivity contribution in [3.05, 3.63) is 23.8 Å². The Morgan fingerprint density at radius 1 is 1.33 bits per heavy atom. The first-order valence-corrected chi connectivity index (χ1v) is 6.02. The molecule has 0 radical (unpaired) electrons. The first kappa shape index (κ1) is 11.3. The van der Waals surface area contributed by atoms with Gasteiger partial charge in [0.25, 0.3) is 5.91 Å². The van der Waals surface area contributed by atoms with Crippen LogP contribution >= 0.6 is 11.8 Å². The first-order chi connectivity index (χ1) is 8.48. The Bertz CT molecular complexity index is 625.